The molecule has 158 valence electrons. The highest BCUT2D eigenvalue weighted by molar-refractivity contribution is 7.89. The molecule has 0 atom stereocenters. The van der Waals surface area contributed by atoms with Gasteiger partial charge in [0.05, 0.1) is 29.2 Å². The van der Waals surface area contributed by atoms with E-state index in [2.05, 4.69) is 5.32 Å². The molecule has 29 heavy (non-hydrogen) atoms. The summed E-state index contributed by atoms with van der Waals surface area (Å²) in [6, 6.07) is 8.01. The van der Waals surface area contributed by atoms with Crippen LogP contribution in [-0.2, 0) is 32.2 Å². The maximum Gasteiger partial charge on any atom is 0.416 e. The van der Waals surface area contributed by atoms with E-state index in [1.807, 2.05) is 0 Å². The van der Waals surface area contributed by atoms with E-state index >= 15 is 0 Å². The zero-order chi connectivity index (χ0) is 21.7. The summed E-state index contributed by atoms with van der Waals surface area (Å²) < 4.78 is 71.7. The van der Waals surface area contributed by atoms with Crippen molar-refractivity contribution in [3.05, 3.63) is 53.6 Å². The molecule has 0 heterocycles. The van der Waals surface area contributed by atoms with E-state index in [0.717, 1.165) is 18.2 Å². The zero-order valence-corrected chi connectivity index (χ0v) is 16.1. The minimum Gasteiger partial charge on any atom is -0.489 e. The van der Waals surface area contributed by atoms with Crippen molar-refractivity contribution < 1.29 is 35.9 Å². The van der Waals surface area contributed by atoms with Gasteiger partial charge >= 0.3 is 6.18 Å². The van der Waals surface area contributed by atoms with E-state index in [1.165, 1.54) is 31.4 Å². The van der Waals surface area contributed by atoms with Crippen LogP contribution in [0.1, 0.15) is 11.1 Å². The lowest BCUT2D eigenvalue weighted by molar-refractivity contribution is -0.137. The smallest absolute Gasteiger partial charge is 0.416 e. The van der Waals surface area contributed by atoms with Gasteiger partial charge in [-0.2, -0.15) is 13.2 Å². The van der Waals surface area contributed by atoms with Crippen molar-refractivity contribution >= 4 is 21.6 Å². The van der Waals surface area contributed by atoms with Gasteiger partial charge in [-0.05, 0) is 35.9 Å². The van der Waals surface area contributed by atoms with Gasteiger partial charge in [0.2, 0.25) is 15.9 Å². The Hall–Kier alpha value is -2.63. The lowest BCUT2D eigenvalue weighted by Crippen LogP contribution is -2.17. The van der Waals surface area contributed by atoms with Crippen LogP contribution in [0, 0.1) is 0 Å². The van der Waals surface area contributed by atoms with Crippen molar-refractivity contribution in [2.45, 2.75) is 17.5 Å². The molecule has 0 radical (unpaired) electrons. The monoisotopic (exact) mass is 432 g/mol. The third kappa shape index (κ3) is 6.73. The average Bonchev–Trinajstić information content (AvgIpc) is 2.62. The van der Waals surface area contributed by atoms with Crippen molar-refractivity contribution in [2.75, 3.05) is 25.6 Å². The minimum absolute atomic E-state index is 0.0629. The fourth-order valence-corrected chi connectivity index (χ4v) is 2.86. The second kappa shape index (κ2) is 9.25. The van der Waals surface area contributed by atoms with E-state index in [1.54, 1.807) is 0 Å². The molecular formula is C18H19F3N2O5S. The molecule has 0 aliphatic carbocycles. The quantitative estimate of drug-likeness (QED) is 0.624. The third-order valence-corrected chi connectivity index (χ3v) is 4.67. The summed E-state index contributed by atoms with van der Waals surface area (Å²) in [5.74, 6) is -0.544. The lowest BCUT2D eigenvalue weighted by Gasteiger charge is -2.15. The molecule has 0 aromatic heterocycles. The molecule has 0 fully saturated rings. The van der Waals surface area contributed by atoms with Crippen LogP contribution in [0.4, 0.5) is 18.9 Å². The number of halogens is 3. The Morgan fingerprint density at radius 1 is 1.10 bits per heavy atom. The highest BCUT2D eigenvalue weighted by Gasteiger charge is 2.31. The molecule has 0 bridgehead atoms. The van der Waals surface area contributed by atoms with Gasteiger partial charge in [-0.1, -0.05) is 12.1 Å². The first-order valence-corrected chi connectivity index (χ1v) is 9.80. The Balaban J connectivity index is 2.18. The summed E-state index contributed by atoms with van der Waals surface area (Å²) in [5.41, 5.74) is -0.629. The molecule has 0 aliphatic heterocycles. The van der Waals surface area contributed by atoms with Gasteiger partial charge in [0.1, 0.15) is 12.4 Å². The van der Waals surface area contributed by atoms with Crippen LogP contribution in [0.15, 0.2) is 47.4 Å². The van der Waals surface area contributed by atoms with Crippen molar-refractivity contribution in [2.24, 2.45) is 5.14 Å². The minimum atomic E-state index is -4.59. The standard InChI is InChI=1S/C18H19F3N2O5S/c1-27-8-9-28-16-7-4-13(18(19,20)21)11-15(16)23-17(24)10-12-2-5-14(6-3-12)29(22,25)26/h2-7,11H,8-10H2,1H3,(H,23,24)(H2,22,25,26). The Bertz CT molecular complexity index is 960. The molecule has 0 unspecified atom stereocenters. The van der Waals surface area contributed by atoms with Crippen LogP contribution in [-0.4, -0.2) is 34.6 Å². The van der Waals surface area contributed by atoms with Gasteiger partial charge in [0.15, 0.2) is 0 Å². The Morgan fingerprint density at radius 3 is 2.31 bits per heavy atom. The summed E-state index contributed by atoms with van der Waals surface area (Å²) in [4.78, 5) is 12.2. The number of methoxy groups -OCH3 is 1. The highest BCUT2D eigenvalue weighted by atomic mass is 32.2. The summed E-state index contributed by atoms with van der Waals surface area (Å²) in [5, 5.41) is 7.40. The van der Waals surface area contributed by atoms with E-state index in [9.17, 15) is 26.4 Å². The van der Waals surface area contributed by atoms with E-state index < -0.39 is 27.7 Å². The number of alkyl halides is 3. The number of hydrogen-bond donors (Lipinski definition) is 2. The largest absolute Gasteiger partial charge is 0.489 e. The highest BCUT2D eigenvalue weighted by Crippen LogP contribution is 2.35. The maximum absolute atomic E-state index is 13.0. The average molecular weight is 432 g/mol. The number of sulfonamides is 1. The molecule has 7 nitrogen and oxygen atoms in total. The Labute approximate surface area is 165 Å². The number of anilines is 1. The number of hydrogen-bond acceptors (Lipinski definition) is 5. The topological polar surface area (TPSA) is 108 Å². The first-order chi connectivity index (χ1) is 13.5. The van der Waals surface area contributed by atoms with Gasteiger partial charge in [-0.15, -0.1) is 0 Å². The summed E-state index contributed by atoms with van der Waals surface area (Å²) in [7, 11) is -2.42. The third-order valence-electron chi connectivity index (χ3n) is 3.74. The fourth-order valence-electron chi connectivity index (χ4n) is 2.34. The van der Waals surface area contributed by atoms with Gasteiger partial charge < -0.3 is 14.8 Å². The summed E-state index contributed by atoms with van der Waals surface area (Å²) in [6.07, 6.45) is -4.78. The lowest BCUT2D eigenvalue weighted by atomic mass is 10.1. The molecular weight excluding hydrogens is 413 g/mol. The van der Waals surface area contributed by atoms with Crippen LogP contribution < -0.4 is 15.2 Å². The van der Waals surface area contributed by atoms with Gasteiger partial charge in [0.25, 0.3) is 0 Å². The Kier molecular flexibility index (Phi) is 7.22. The van der Waals surface area contributed by atoms with Crippen LogP contribution in [0.3, 0.4) is 0 Å². The zero-order valence-electron chi connectivity index (χ0n) is 15.3. The number of primary sulfonamides is 1. The van der Waals surface area contributed by atoms with Crippen molar-refractivity contribution in [1.82, 2.24) is 0 Å². The number of nitrogens with one attached hydrogen (secondary N) is 1. The molecule has 2 aromatic carbocycles. The molecule has 0 aliphatic rings. The van der Waals surface area contributed by atoms with Crippen LogP contribution >= 0.6 is 0 Å². The van der Waals surface area contributed by atoms with E-state index in [0.29, 0.717) is 5.56 Å². The molecule has 3 N–H and O–H groups in total. The van der Waals surface area contributed by atoms with Crippen LogP contribution in [0.2, 0.25) is 0 Å². The molecule has 1 amide bonds. The number of benzene rings is 2. The fraction of sp³-hybridized carbons (Fsp3) is 0.278. The van der Waals surface area contributed by atoms with Gasteiger partial charge in [-0.3, -0.25) is 4.79 Å². The predicted molar refractivity (Wildman–Crippen MR) is 99.0 cm³/mol. The molecule has 0 saturated carbocycles. The molecule has 0 spiro atoms. The first-order valence-electron chi connectivity index (χ1n) is 8.25. The van der Waals surface area contributed by atoms with Crippen LogP contribution in [0.5, 0.6) is 5.75 Å². The van der Waals surface area contributed by atoms with Crippen molar-refractivity contribution in [3.63, 3.8) is 0 Å². The van der Waals surface area contributed by atoms with Gasteiger partial charge in [0, 0.05) is 7.11 Å². The normalized spacial score (nSPS) is 11.9. The second-order valence-electron chi connectivity index (χ2n) is 5.96. The van der Waals surface area contributed by atoms with Crippen molar-refractivity contribution in [1.29, 1.82) is 0 Å². The summed E-state index contributed by atoms with van der Waals surface area (Å²) >= 11 is 0. The van der Waals surface area contributed by atoms with Crippen molar-refractivity contribution in [3.8, 4) is 5.75 Å². The number of carbonyl (C=O) groups excluding carboxylic acids is 1. The molecule has 2 aromatic rings. The first kappa shape index (κ1) is 22.7. The van der Waals surface area contributed by atoms with Crippen LogP contribution in [0.25, 0.3) is 0 Å². The number of amides is 1. The molecule has 11 heteroatoms. The summed E-state index contributed by atoms with van der Waals surface area (Å²) in [6.45, 7) is 0.296. The number of nitrogens with two attached hydrogens (primary N) is 1. The van der Waals surface area contributed by atoms with E-state index in [-0.39, 0.29) is 36.0 Å². The number of carbonyl (C=O) groups is 1. The van der Waals surface area contributed by atoms with E-state index in [4.69, 9.17) is 14.6 Å². The Morgan fingerprint density at radius 2 is 1.76 bits per heavy atom. The number of ether oxygens (including phenoxy) is 2. The SMILES string of the molecule is COCCOc1ccc(C(F)(F)F)cc1NC(=O)Cc1ccc(S(N)(=O)=O)cc1. The molecule has 2 rings (SSSR count). The maximum atomic E-state index is 13.0. The van der Waals surface area contributed by atoms with Gasteiger partial charge in [-0.25, -0.2) is 13.6 Å². The second-order valence-corrected chi connectivity index (χ2v) is 7.53. The predicted octanol–water partition coefficient (Wildman–Crippen LogP) is 2.56. The molecule has 0 saturated heterocycles. The number of rotatable bonds is 8.